The van der Waals surface area contributed by atoms with Crippen molar-refractivity contribution in [2.75, 3.05) is 19.0 Å². The second-order valence-electron chi connectivity index (χ2n) is 5.59. The maximum atomic E-state index is 13.4. The molecule has 0 aromatic heterocycles. The number of carboxylic acid groups (broad SMARTS) is 1. The Morgan fingerprint density at radius 2 is 1.96 bits per heavy atom. The minimum absolute atomic E-state index is 0.0673. The van der Waals surface area contributed by atoms with Crippen molar-refractivity contribution < 1.29 is 28.6 Å². The number of nitrogens with one attached hydrogen (secondary N) is 1. The van der Waals surface area contributed by atoms with Gasteiger partial charge in [-0.05, 0) is 42.3 Å². The summed E-state index contributed by atoms with van der Waals surface area (Å²) in [6.07, 6.45) is 0.551. The summed E-state index contributed by atoms with van der Waals surface area (Å²) in [5, 5.41) is 11.8. The molecule has 138 valence electrons. The Morgan fingerprint density at radius 1 is 1.19 bits per heavy atom. The number of carbonyl (C=O) groups is 2. The predicted molar refractivity (Wildman–Crippen MR) is 93.9 cm³/mol. The number of rotatable bonds is 9. The van der Waals surface area contributed by atoms with Crippen molar-refractivity contribution >= 4 is 17.6 Å². The van der Waals surface area contributed by atoms with E-state index in [1.807, 2.05) is 0 Å². The van der Waals surface area contributed by atoms with Crippen LogP contribution in [-0.4, -0.2) is 30.7 Å². The van der Waals surface area contributed by atoms with Crippen molar-refractivity contribution in [3.63, 3.8) is 0 Å². The van der Waals surface area contributed by atoms with Crippen LogP contribution in [0.25, 0.3) is 0 Å². The lowest BCUT2D eigenvalue weighted by Gasteiger charge is -2.10. The van der Waals surface area contributed by atoms with Crippen LogP contribution in [0, 0.1) is 5.82 Å². The van der Waals surface area contributed by atoms with E-state index in [0.29, 0.717) is 17.7 Å². The molecule has 26 heavy (non-hydrogen) atoms. The molecular weight excluding hydrogens is 341 g/mol. The molecule has 0 atom stereocenters. The average molecular weight is 361 g/mol. The fourth-order valence-electron chi connectivity index (χ4n) is 2.34. The van der Waals surface area contributed by atoms with E-state index in [9.17, 15) is 14.0 Å². The van der Waals surface area contributed by atoms with E-state index in [-0.39, 0.29) is 36.9 Å². The number of anilines is 1. The van der Waals surface area contributed by atoms with E-state index in [0.717, 1.165) is 0 Å². The first-order valence-electron chi connectivity index (χ1n) is 8.03. The Labute approximate surface area is 150 Å². The molecule has 0 fully saturated rings. The van der Waals surface area contributed by atoms with E-state index in [2.05, 4.69) is 5.32 Å². The number of aromatic carboxylic acids is 1. The molecule has 2 aromatic rings. The van der Waals surface area contributed by atoms with E-state index in [1.54, 1.807) is 18.2 Å². The first-order chi connectivity index (χ1) is 12.5. The van der Waals surface area contributed by atoms with Gasteiger partial charge in [0.2, 0.25) is 5.91 Å². The third-order valence-corrected chi connectivity index (χ3v) is 3.48. The SMILES string of the molecule is COCc1cc(NC(=O)CCCOc2ccccc2F)cc(C(=O)O)c1. The zero-order valence-corrected chi connectivity index (χ0v) is 14.3. The minimum Gasteiger partial charge on any atom is -0.491 e. The lowest BCUT2D eigenvalue weighted by molar-refractivity contribution is -0.116. The highest BCUT2D eigenvalue weighted by Gasteiger charge is 2.10. The van der Waals surface area contributed by atoms with Gasteiger partial charge in [-0.3, -0.25) is 4.79 Å². The number of hydrogen-bond acceptors (Lipinski definition) is 4. The van der Waals surface area contributed by atoms with Crippen molar-refractivity contribution in [3.05, 3.63) is 59.4 Å². The van der Waals surface area contributed by atoms with Gasteiger partial charge in [-0.2, -0.15) is 0 Å². The number of carbonyl (C=O) groups excluding carboxylic acids is 1. The first kappa shape index (κ1) is 19.4. The molecule has 2 N–H and O–H groups in total. The quantitative estimate of drug-likeness (QED) is 0.668. The lowest BCUT2D eigenvalue weighted by atomic mass is 10.1. The number of carboxylic acids is 1. The van der Waals surface area contributed by atoms with Gasteiger partial charge in [-0.25, -0.2) is 9.18 Å². The number of methoxy groups -OCH3 is 1. The normalized spacial score (nSPS) is 10.4. The van der Waals surface area contributed by atoms with Gasteiger partial charge in [0.15, 0.2) is 11.6 Å². The molecule has 0 unspecified atom stereocenters. The van der Waals surface area contributed by atoms with Crippen LogP contribution in [0.1, 0.15) is 28.8 Å². The van der Waals surface area contributed by atoms with E-state index in [4.69, 9.17) is 14.6 Å². The maximum absolute atomic E-state index is 13.4. The van der Waals surface area contributed by atoms with Gasteiger partial charge in [0.05, 0.1) is 18.8 Å². The average Bonchev–Trinajstić information content (AvgIpc) is 2.60. The second kappa shape index (κ2) is 9.53. The number of halogens is 1. The third kappa shape index (κ3) is 5.86. The Balaban J connectivity index is 1.87. The minimum atomic E-state index is -1.09. The summed E-state index contributed by atoms with van der Waals surface area (Å²) in [4.78, 5) is 23.2. The topological polar surface area (TPSA) is 84.9 Å². The molecule has 6 nitrogen and oxygen atoms in total. The summed E-state index contributed by atoms with van der Waals surface area (Å²) in [6.45, 7) is 0.429. The van der Waals surface area contributed by atoms with Gasteiger partial charge in [0, 0.05) is 19.2 Å². The molecule has 0 saturated carbocycles. The van der Waals surface area contributed by atoms with Gasteiger partial charge in [0.1, 0.15) is 0 Å². The monoisotopic (exact) mass is 361 g/mol. The molecule has 7 heteroatoms. The van der Waals surface area contributed by atoms with Crippen molar-refractivity contribution in [3.8, 4) is 5.75 Å². The van der Waals surface area contributed by atoms with Crippen LogP contribution >= 0.6 is 0 Å². The number of ether oxygens (including phenoxy) is 2. The molecule has 0 aliphatic carbocycles. The number of benzene rings is 2. The number of amides is 1. The number of para-hydroxylation sites is 1. The molecule has 0 spiro atoms. The summed E-state index contributed by atoms with van der Waals surface area (Å²) in [7, 11) is 1.50. The van der Waals surface area contributed by atoms with Crippen LogP contribution < -0.4 is 10.1 Å². The summed E-state index contributed by atoms with van der Waals surface area (Å²) in [5.74, 6) is -1.68. The summed E-state index contributed by atoms with van der Waals surface area (Å²) in [6, 6.07) is 10.6. The summed E-state index contributed by atoms with van der Waals surface area (Å²) < 4.78 is 23.7. The van der Waals surface area contributed by atoms with Crippen LogP contribution in [0.3, 0.4) is 0 Å². The molecule has 2 rings (SSSR count). The standard InChI is InChI=1S/C19H20FNO5/c1-25-12-13-9-14(19(23)24)11-15(10-13)21-18(22)7-4-8-26-17-6-3-2-5-16(17)20/h2-3,5-6,9-11H,4,7-8,12H2,1H3,(H,21,22)(H,23,24). The molecule has 0 radical (unpaired) electrons. The Hall–Kier alpha value is -2.93. The zero-order chi connectivity index (χ0) is 18.9. The summed E-state index contributed by atoms with van der Waals surface area (Å²) in [5.41, 5.74) is 1.10. The van der Waals surface area contributed by atoms with E-state index < -0.39 is 11.8 Å². The van der Waals surface area contributed by atoms with Crippen molar-refractivity contribution in [2.45, 2.75) is 19.4 Å². The van der Waals surface area contributed by atoms with Crippen LogP contribution in [0.5, 0.6) is 5.75 Å². The zero-order valence-electron chi connectivity index (χ0n) is 14.3. The van der Waals surface area contributed by atoms with Crippen molar-refractivity contribution in [2.24, 2.45) is 0 Å². The van der Waals surface area contributed by atoms with Crippen LogP contribution in [0.2, 0.25) is 0 Å². The molecule has 0 aliphatic rings. The van der Waals surface area contributed by atoms with Crippen LogP contribution in [-0.2, 0) is 16.1 Å². The van der Waals surface area contributed by atoms with Gasteiger partial charge < -0.3 is 19.9 Å². The molecule has 1 amide bonds. The Bertz CT molecular complexity index is 778. The molecule has 2 aromatic carbocycles. The fraction of sp³-hybridized carbons (Fsp3) is 0.263. The van der Waals surface area contributed by atoms with Crippen molar-refractivity contribution in [1.82, 2.24) is 0 Å². The molecule has 0 aliphatic heterocycles. The lowest BCUT2D eigenvalue weighted by Crippen LogP contribution is -2.14. The Morgan fingerprint density at radius 3 is 2.65 bits per heavy atom. The molecule has 0 saturated heterocycles. The molecule has 0 heterocycles. The highest BCUT2D eigenvalue weighted by atomic mass is 19.1. The van der Waals surface area contributed by atoms with E-state index >= 15 is 0 Å². The molecule has 0 bridgehead atoms. The predicted octanol–water partition coefficient (Wildman–Crippen LogP) is 3.47. The first-order valence-corrected chi connectivity index (χ1v) is 8.03. The van der Waals surface area contributed by atoms with Gasteiger partial charge >= 0.3 is 5.97 Å². The number of hydrogen-bond donors (Lipinski definition) is 2. The van der Waals surface area contributed by atoms with Gasteiger partial charge in [0.25, 0.3) is 0 Å². The highest BCUT2D eigenvalue weighted by Crippen LogP contribution is 2.18. The van der Waals surface area contributed by atoms with Gasteiger partial charge in [-0.1, -0.05) is 12.1 Å². The molecular formula is C19H20FNO5. The van der Waals surface area contributed by atoms with Crippen LogP contribution in [0.4, 0.5) is 10.1 Å². The second-order valence-corrected chi connectivity index (χ2v) is 5.59. The van der Waals surface area contributed by atoms with Crippen LogP contribution in [0.15, 0.2) is 42.5 Å². The highest BCUT2D eigenvalue weighted by molar-refractivity contribution is 5.94. The largest absolute Gasteiger partial charge is 0.491 e. The third-order valence-electron chi connectivity index (χ3n) is 3.48. The fourth-order valence-corrected chi connectivity index (χ4v) is 2.34. The van der Waals surface area contributed by atoms with E-state index in [1.165, 1.54) is 31.4 Å². The van der Waals surface area contributed by atoms with Crippen molar-refractivity contribution in [1.29, 1.82) is 0 Å². The maximum Gasteiger partial charge on any atom is 0.335 e. The summed E-state index contributed by atoms with van der Waals surface area (Å²) >= 11 is 0. The Kier molecular flexibility index (Phi) is 7.11. The van der Waals surface area contributed by atoms with Gasteiger partial charge in [-0.15, -0.1) is 0 Å². The smallest absolute Gasteiger partial charge is 0.335 e.